The first kappa shape index (κ1) is 11.8. The Morgan fingerprint density at radius 2 is 1.74 bits per heavy atom. The number of anilines is 2. The molecule has 2 aromatic heterocycles. The van der Waals surface area contributed by atoms with E-state index in [9.17, 15) is 0 Å². The largest absolute Gasteiger partial charge is 0.367 e. The molecule has 98 valence electrons. The Bertz CT molecular complexity index is 536. The van der Waals surface area contributed by atoms with Crippen LogP contribution in [-0.2, 0) is 0 Å². The minimum atomic E-state index is 0.818. The maximum absolute atomic E-state index is 4.47. The van der Waals surface area contributed by atoms with E-state index in [0.717, 1.165) is 43.5 Å². The van der Waals surface area contributed by atoms with Crippen LogP contribution in [0.1, 0.15) is 5.82 Å². The van der Waals surface area contributed by atoms with E-state index in [1.165, 1.54) is 0 Å². The Kier molecular flexibility index (Phi) is 3.22. The zero-order valence-electron chi connectivity index (χ0n) is 10.9. The summed E-state index contributed by atoms with van der Waals surface area (Å²) in [6.45, 7) is 5.77. The maximum Gasteiger partial charge on any atom is 0.132 e. The fourth-order valence-corrected chi connectivity index (χ4v) is 2.28. The highest BCUT2D eigenvalue weighted by Crippen LogP contribution is 2.17. The summed E-state index contributed by atoms with van der Waals surface area (Å²) in [5.74, 6) is 1.83. The summed E-state index contributed by atoms with van der Waals surface area (Å²) in [7, 11) is 0. The fourth-order valence-electron chi connectivity index (χ4n) is 2.28. The first-order valence-corrected chi connectivity index (χ1v) is 6.39. The maximum atomic E-state index is 4.47. The van der Waals surface area contributed by atoms with Gasteiger partial charge in [0, 0.05) is 32.4 Å². The van der Waals surface area contributed by atoms with Crippen LogP contribution in [0.2, 0.25) is 0 Å². The fraction of sp³-hybridized carbons (Fsp3) is 0.385. The van der Waals surface area contributed by atoms with E-state index in [4.69, 9.17) is 0 Å². The van der Waals surface area contributed by atoms with Gasteiger partial charge in [-0.3, -0.25) is 0 Å². The number of hydrogen-bond donors (Lipinski definition) is 0. The van der Waals surface area contributed by atoms with Crippen LogP contribution < -0.4 is 9.80 Å². The lowest BCUT2D eigenvalue weighted by atomic mass is 10.3. The molecule has 0 aliphatic carbocycles. The normalized spacial score (nSPS) is 15.6. The van der Waals surface area contributed by atoms with Crippen LogP contribution in [-0.4, -0.2) is 46.3 Å². The minimum absolute atomic E-state index is 0.818. The van der Waals surface area contributed by atoms with Gasteiger partial charge in [-0.2, -0.15) is 10.2 Å². The summed E-state index contributed by atoms with van der Waals surface area (Å²) < 4.78 is 0. The summed E-state index contributed by atoms with van der Waals surface area (Å²) in [5, 5.41) is 7.73. The van der Waals surface area contributed by atoms with Crippen LogP contribution in [0.15, 0.2) is 30.7 Å². The molecule has 6 heteroatoms. The lowest BCUT2D eigenvalue weighted by Gasteiger charge is -2.36. The molecule has 2 aromatic rings. The zero-order chi connectivity index (χ0) is 13.1. The monoisotopic (exact) mass is 256 g/mol. The van der Waals surface area contributed by atoms with Gasteiger partial charge in [-0.15, -0.1) is 0 Å². The van der Waals surface area contributed by atoms with E-state index in [1.807, 2.05) is 31.5 Å². The molecule has 0 atom stereocenters. The third kappa shape index (κ3) is 2.62. The van der Waals surface area contributed by atoms with E-state index >= 15 is 0 Å². The van der Waals surface area contributed by atoms with Crippen molar-refractivity contribution in [2.24, 2.45) is 0 Å². The predicted molar refractivity (Wildman–Crippen MR) is 73.2 cm³/mol. The highest BCUT2D eigenvalue weighted by molar-refractivity contribution is 5.46. The second-order valence-electron chi connectivity index (χ2n) is 4.54. The molecule has 1 fully saturated rings. The Morgan fingerprint density at radius 3 is 2.42 bits per heavy atom. The smallest absolute Gasteiger partial charge is 0.132 e. The number of rotatable bonds is 2. The van der Waals surface area contributed by atoms with Crippen LogP contribution in [0, 0.1) is 6.92 Å². The average molecular weight is 256 g/mol. The predicted octanol–water partition coefficient (Wildman–Crippen LogP) is 0.902. The molecule has 1 aliphatic heterocycles. The van der Waals surface area contributed by atoms with Crippen molar-refractivity contribution in [3.63, 3.8) is 0 Å². The summed E-state index contributed by atoms with van der Waals surface area (Å²) in [5.41, 5.74) is 1.13. The van der Waals surface area contributed by atoms with Gasteiger partial charge in [0.05, 0.1) is 18.1 Å². The van der Waals surface area contributed by atoms with Gasteiger partial charge >= 0.3 is 0 Å². The Labute approximate surface area is 112 Å². The summed E-state index contributed by atoms with van der Waals surface area (Å²) in [6.07, 6.45) is 5.36. The van der Waals surface area contributed by atoms with Crippen molar-refractivity contribution in [3.8, 4) is 0 Å². The number of nitrogens with zero attached hydrogens (tertiary/aromatic N) is 6. The Balaban J connectivity index is 1.67. The van der Waals surface area contributed by atoms with Crippen molar-refractivity contribution in [1.82, 2.24) is 20.2 Å². The summed E-state index contributed by atoms with van der Waals surface area (Å²) >= 11 is 0. The number of hydrogen-bond acceptors (Lipinski definition) is 6. The summed E-state index contributed by atoms with van der Waals surface area (Å²) in [6, 6.07) is 3.97. The van der Waals surface area contributed by atoms with E-state index in [-0.39, 0.29) is 0 Å². The molecule has 0 unspecified atom stereocenters. The third-order valence-electron chi connectivity index (χ3n) is 3.30. The van der Waals surface area contributed by atoms with Crippen molar-refractivity contribution in [1.29, 1.82) is 0 Å². The summed E-state index contributed by atoms with van der Waals surface area (Å²) in [4.78, 5) is 13.2. The van der Waals surface area contributed by atoms with Crippen LogP contribution in [0.5, 0.6) is 0 Å². The molecule has 0 N–H and O–H groups in total. The van der Waals surface area contributed by atoms with Gasteiger partial charge in [-0.25, -0.2) is 9.97 Å². The molecule has 0 amide bonds. The van der Waals surface area contributed by atoms with Gasteiger partial charge < -0.3 is 9.80 Å². The lowest BCUT2D eigenvalue weighted by Crippen LogP contribution is -2.46. The molecule has 0 radical (unpaired) electrons. The zero-order valence-corrected chi connectivity index (χ0v) is 10.9. The minimum Gasteiger partial charge on any atom is -0.367 e. The van der Waals surface area contributed by atoms with Gasteiger partial charge in [-0.1, -0.05) is 0 Å². The van der Waals surface area contributed by atoms with Crippen molar-refractivity contribution in [2.45, 2.75) is 6.92 Å². The molecule has 19 heavy (non-hydrogen) atoms. The van der Waals surface area contributed by atoms with Crippen LogP contribution >= 0.6 is 0 Å². The van der Waals surface area contributed by atoms with Gasteiger partial charge in [0.2, 0.25) is 0 Å². The molecule has 6 nitrogen and oxygen atoms in total. The molecule has 0 saturated carbocycles. The average Bonchev–Trinajstić information content (AvgIpc) is 2.48. The van der Waals surface area contributed by atoms with E-state index in [2.05, 4.69) is 30.0 Å². The van der Waals surface area contributed by atoms with E-state index in [1.54, 1.807) is 6.20 Å². The van der Waals surface area contributed by atoms with E-state index in [0.29, 0.717) is 0 Å². The topological polar surface area (TPSA) is 58.0 Å². The van der Waals surface area contributed by atoms with E-state index < -0.39 is 0 Å². The Morgan fingerprint density at radius 1 is 0.947 bits per heavy atom. The van der Waals surface area contributed by atoms with Crippen LogP contribution in [0.25, 0.3) is 0 Å². The molecular weight excluding hydrogens is 240 g/mol. The molecule has 1 aliphatic rings. The van der Waals surface area contributed by atoms with Crippen molar-refractivity contribution >= 4 is 11.5 Å². The second-order valence-corrected chi connectivity index (χ2v) is 4.54. The van der Waals surface area contributed by atoms with Crippen molar-refractivity contribution in [3.05, 3.63) is 36.5 Å². The molecular formula is C13H16N6. The quantitative estimate of drug-likeness (QED) is 0.795. The number of aromatic nitrogens is 4. The van der Waals surface area contributed by atoms with Gasteiger partial charge in [0.1, 0.15) is 11.6 Å². The second kappa shape index (κ2) is 5.17. The molecule has 0 aromatic carbocycles. The van der Waals surface area contributed by atoms with Gasteiger partial charge in [0.25, 0.3) is 0 Å². The van der Waals surface area contributed by atoms with Gasteiger partial charge in [0.15, 0.2) is 0 Å². The molecule has 3 rings (SSSR count). The van der Waals surface area contributed by atoms with Crippen LogP contribution in [0.4, 0.5) is 11.5 Å². The highest BCUT2D eigenvalue weighted by Gasteiger charge is 2.18. The highest BCUT2D eigenvalue weighted by atomic mass is 15.3. The van der Waals surface area contributed by atoms with Gasteiger partial charge in [-0.05, 0) is 19.1 Å². The first-order chi connectivity index (χ1) is 9.33. The lowest BCUT2D eigenvalue weighted by molar-refractivity contribution is 0.644. The number of piperazine rings is 1. The standard InChI is InChI=1S/C13H16N6/c1-11-14-4-3-13(17-11)19-8-6-18(7-9-19)12-2-5-15-16-10-12/h2-5,10H,6-9H2,1H3. The SMILES string of the molecule is Cc1nccc(N2CCN(c3ccnnc3)CC2)n1. The molecule has 3 heterocycles. The van der Waals surface area contributed by atoms with Crippen molar-refractivity contribution in [2.75, 3.05) is 36.0 Å². The Hall–Kier alpha value is -2.24. The van der Waals surface area contributed by atoms with Crippen molar-refractivity contribution < 1.29 is 0 Å². The van der Waals surface area contributed by atoms with Crippen LogP contribution in [0.3, 0.4) is 0 Å². The first-order valence-electron chi connectivity index (χ1n) is 6.39. The molecule has 0 spiro atoms. The molecule has 1 saturated heterocycles. The third-order valence-corrected chi connectivity index (χ3v) is 3.30. The number of aryl methyl sites for hydroxylation is 1. The molecule has 0 bridgehead atoms.